The summed E-state index contributed by atoms with van der Waals surface area (Å²) in [6.07, 6.45) is 1.81. The molecule has 4 unspecified atom stereocenters. The van der Waals surface area contributed by atoms with Crippen molar-refractivity contribution in [2.75, 3.05) is 13.2 Å². The summed E-state index contributed by atoms with van der Waals surface area (Å²) in [6.45, 7) is 0.328. The summed E-state index contributed by atoms with van der Waals surface area (Å²) in [5.74, 6) is 27.6. The van der Waals surface area contributed by atoms with Crippen LogP contribution < -0.4 is 0 Å². The summed E-state index contributed by atoms with van der Waals surface area (Å²) < 4.78 is 64.5. The standard InChI is InChI=1S/C40H51O19P3.H2S.13H2/c1-3-5-7-9-11-13-15-17-19-21-23-25-27-29-34(42)56-32(30-54-33(41)28-26-24-22-20-18-16-14-12-10-8-6-4-2)31-55-62(52,53)59-40-36(44)38(57-60(46,47)48)35(43)39(37(40)45)58-61(49,50)51;;;;;;;;;;;;;;/h2,32,35-40,43-45H,3,5,7,9,11,13,15,17,19,21,23,25,27,29-31H2,1H3,(H,52,53)(H2,46,47,48)(H2,49,50,51);1H2;13*1H/t32-,35?,36-,37?,38-,39+,40?;;;;;;;;;;;;;;/m1............../s1. The van der Waals surface area contributed by atoms with Gasteiger partial charge in [0.05, 0.1) is 6.61 Å². The largest absolute Gasteiger partial charge is 0.472 e. The number of hydrogen-bond acceptors (Lipinski definition) is 14. The fourth-order valence-electron chi connectivity index (χ4n) is 5.47. The van der Waals surface area contributed by atoms with Gasteiger partial charge in [0.2, 0.25) is 0 Å². The van der Waals surface area contributed by atoms with E-state index in [9.17, 15) is 63.1 Å². The number of terminal acetylenes is 1. The first-order chi connectivity index (χ1) is 29.3. The molecule has 0 aromatic rings. The molecule has 0 aromatic carbocycles. The first-order valence-corrected chi connectivity index (χ1v) is 23.9. The fraction of sp³-hybridized carbons (Fsp3) is 0.600. The number of aliphatic hydroxyl groups excluding tert-OH is 3. The van der Waals surface area contributed by atoms with Gasteiger partial charge in [-0.3, -0.25) is 22.9 Å². The second-order valence-corrected chi connectivity index (χ2v) is 17.1. The number of esters is 2. The van der Waals surface area contributed by atoms with Crippen molar-refractivity contribution in [1.82, 2.24) is 0 Å². The molecule has 1 aliphatic rings. The van der Waals surface area contributed by atoms with Gasteiger partial charge < -0.3 is 49.3 Å². The monoisotopic (exact) mass is 988 g/mol. The lowest BCUT2D eigenvalue weighted by atomic mass is 9.85. The molecule has 0 aromatic heterocycles. The number of hydrogen-bond donors (Lipinski definition) is 8. The molecule has 0 spiro atoms. The summed E-state index contributed by atoms with van der Waals surface area (Å²) in [7, 11) is -16.7. The number of ether oxygens (including phenoxy) is 2. The third kappa shape index (κ3) is 29.5. The fourth-order valence-corrected chi connectivity index (χ4v) is 7.58. The minimum atomic E-state index is -5.58. The van der Waals surface area contributed by atoms with Crippen LogP contribution in [0.5, 0.6) is 0 Å². The molecule has 1 rings (SSSR count). The zero-order valence-electron chi connectivity index (χ0n) is 34.3. The summed E-state index contributed by atoms with van der Waals surface area (Å²) in [5.41, 5.74) is 0. The van der Waals surface area contributed by atoms with Crippen molar-refractivity contribution in [3.05, 3.63) is 0 Å². The van der Waals surface area contributed by atoms with Gasteiger partial charge in [0.1, 0.15) is 43.2 Å². The van der Waals surface area contributed by atoms with E-state index < -0.39 is 91.3 Å². The zero-order valence-corrected chi connectivity index (χ0v) is 38.0. The topological polar surface area (TPSA) is 303 Å². The van der Waals surface area contributed by atoms with Gasteiger partial charge >= 0.3 is 35.4 Å². The van der Waals surface area contributed by atoms with E-state index in [1.54, 1.807) is 0 Å². The molecule has 0 saturated heterocycles. The SMILES string of the molecule is C#CC#CC#CC#CC#CC#CC#CC(=O)OC[C@H](COP(=O)(O)OC1C(O)[C@@H](OP(=O)(O)O)C(O)[C@@H](OP(=O)(O)O)[C@H]1O)OC(=O)CCCCCCCCCCCCCCC.S.[HH].[HH].[HH].[HH].[HH].[HH].[HH].[HH].[HH].[HH].[HH].[HH].[HH]. The van der Waals surface area contributed by atoms with E-state index >= 15 is 0 Å². The molecular formula is C40H79O19P3S. The van der Waals surface area contributed by atoms with Gasteiger partial charge in [-0.1, -0.05) is 84.0 Å². The van der Waals surface area contributed by atoms with Crippen molar-refractivity contribution in [2.24, 2.45) is 0 Å². The van der Waals surface area contributed by atoms with Crippen molar-refractivity contribution in [1.29, 1.82) is 0 Å². The molecule has 23 heteroatoms. The Morgan fingerprint density at radius 2 is 0.968 bits per heavy atom. The predicted molar refractivity (Wildman–Crippen MR) is 257 cm³/mol. The summed E-state index contributed by atoms with van der Waals surface area (Å²) >= 11 is 0. The lowest BCUT2D eigenvalue weighted by Crippen LogP contribution is -2.65. The molecular weight excluding hydrogens is 909 g/mol. The van der Waals surface area contributed by atoms with Gasteiger partial charge in [-0.2, -0.15) is 13.5 Å². The van der Waals surface area contributed by atoms with Crippen LogP contribution in [-0.4, -0.2) is 108 Å². The van der Waals surface area contributed by atoms with E-state index in [1.165, 1.54) is 44.9 Å². The molecule has 8 N–H and O–H groups in total. The molecule has 19 nitrogen and oxygen atoms in total. The Bertz CT molecular complexity index is 2040. The number of rotatable bonds is 26. The van der Waals surface area contributed by atoms with Crippen LogP contribution in [0, 0.1) is 83.4 Å². The van der Waals surface area contributed by atoms with Crippen LogP contribution in [0.3, 0.4) is 0 Å². The van der Waals surface area contributed by atoms with Gasteiger partial charge in [0.25, 0.3) is 0 Å². The zero-order chi connectivity index (χ0) is 46.4. The first kappa shape index (κ1) is 59.4. The van der Waals surface area contributed by atoms with Gasteiger partial charge in [-0.25, -0.2) is 18.5 Å². The van der Waals surface area contributed by atoms with Gasteiger partial charge in [-0.05, 0) is 77.5 Å². The molecule has 1 fully saturated rings. The summed E-state index contributed by atoms with van der Waals surface area (Å²) in [5, 5.41) is 31.7. The van der Waals surface area contributed by atoms with Gasteiger partial charge in [-0.15, -0.1) is 6.42 Å². The highest BCUT2D eigenvalue weighted by Gasteiger charge is 2.56. The van der Waals surface area contributed by atoms with Gasteiger partial charge in [0.15, 0.2) is 6.10 Å². The van der Waals surface area contributed by atoms with Crippen LogP contribution in [0.2, 0.25) is 0 Å². The third-order valence-electron chi connectivity index (χ3n) is 8.26. The van der Waals surface area contributed by atoms with Crippen LogP contribution in [0.15, 0.2) is 0 Å². The van der Waals surface area contributed by atoms with Crippen molar-refractivity contribution in [2.45, 2.75) is 140 Å². The Balaban J connectivity index is -0.000000229. The summed E-state index contributed by atoms with van der Waals surface area (Å²) in [6, 6.07) is 0. The molecule has 374 valence electrons. The van der Waals surface area contributed by atoms with Crippen LogP contribution in [0.4, 0.5) is 0 Å². The lowest BCUT2D eigenvalue weighted by Gasteiger charge is -2.44. The maximum absolute atomic E-state index is 13.0. The minimum Gasteiger partial charge on any atom is -0.456 e. The molecule has 0 amide bonds. The van der Waals surface area contributed by atoms with E-state index in [-0.39, 0.29) is 38.5 Å². The minimum absolute atomic E-state index is 0. The third-order valence-corrected chi connectivity index (χ3v) is 10.3. The van der Waals surface area contributed by atoms with E-state index in [1.807, 2.05) is 5.92 Å². The quantitative estimate of drug-likeness (QED) is 0.0176. The first-order valence-electron chi connectivity index (χ1n) is 19.3. The second-order valence-electron chi connectivity index (χ2n) is 13.3. The van der Waals surface area contributed by atoms with E-state index in [0.717, 1.165) is 25.7 Å². The number of aliphatic hydroxyl groups is 3. The van der Waals surface area contributed by atoms with E-state index in [2.05, 4.69) is 87.0 Å². The smallest absolute Gasteiger partial charge is 0.456 e. The molecule has 63 heavy (non-hydrogen) atoms. The number of unbranched alkanes of at least 4 members (excludes halogenated alkanes) is 12. The van der Waals surface area contributed by atoms with E-state index in [0.29, 0.717) is 12.8 Å². The molecule has 8 atom stereocenters. The van der Waals surface area contributed by atoms with Crippen LogP contribution in [-0.2, 0) is 50.9 Å². The Labute approximate surface area is 393 Å². The predicted octanol–water partition coefficient (Wildman–Crippen LogP) is 5.44. The Morgan fingerprint density at radius 3 is 1.38 bits per heavy atom. The van der Waals surface area contributed by atoms with Crippen LogP contribution in [0.25, 0.3) is 0 Å². The molecule has 0 radical (unpaired) electrons. The van der Waals surface area contributed by atoms with Gasteiger partial charge in [0, 0.05) is 30.9 Å². The Hall–Kier alpha value is -3.58. The second kappa shape index (κ2) is 33.0. The lowest BCUT2D eigenvalue weighted by molar-refractivity contribution is -0.213. The highest BCUT2D eigenvalue weighted by Crippen LogP contribution is 2.51. The van der Waals surface area contributed by atoms with Crippen molar-refractivity contribution in [3.8, 4) is 83.4 Å². The average Bonchev–Trinajstić information content (AvgIpc) is 3.19. The average molecular weight is 989 g/mol. The van der Waals surface area contributed by atoms with Crippen LogP contribution in [0.1, 0.15) is 115 Å². The normalized spacial score (nSPS) is 20.3. The number of phosphoric ester groups is 3. The van der Waals surface area contributed by atoms with E-state index in [4.69, 9.17) is 24.9 Å². The molecule has 1 saturated carbocycles. The molecule has 1 aliphatic carbocycles. The Kier molecular flexibility index (Phi) is 31.1. The number of carbonyl (C=O) groups excluding carboxylic acids is 2. The maximum Gasteiger partial charge on any atom is 0.472 e. The van der Waals surface area contributed by atoms with Crippen LogP contribution >= 0.6 is 37.0 Å². The number of carbonyl (C=O) groups is 2. The van der Waals surface area contributed by atoms with Crippen molar-refractivity contribution >= 4 is 48.9 Å². The highest BCUT2D eigenvalue weighted by molar-refractivity contribution is 7.59. The van der Waals surface area contributed by atoms with Crippen molar-refractivity contribution < 1.29 is 109 Å². The molecule has 0 heterocycles. The van der Waals surface area contributed by atoms with Crippen molar-refractivity contribution in [3.63, 3.8) is 0 Å². The summed E-state index contributed by atoms with van der Waals surface area (Å²) in [4.78, 5) is 72.4. The maximum atomic E-state index is 13.0. The Morgan fingerprint density at radius 1 is 0.587 bits per heavy atom. The molecule has 0 aliphatic heterocycles. The molecule has 0 bridgehead atoms. The number of phosphoric acid groups is 3. The highest BCUT2D eigenvalue weighted by atomic mass is 32.1.